The predicted molar refractivity (Wildman–Crippen MR) is 34.9 cm³/mol. The van der Waals surface area contributed by atoms with E-state index in [0.717, 1.165) is 0 Å². The molecule has 3 nitrogen and oxygen atoms in total. The van der Waals surface area contributed by atoms with Crippen LogP contribution < -0.4 is 0 Å². The molecule has 0 radical (unpaired) electrons. The highest BCUT2D eigenvalue weighted by Gasteiger charge is 2.17. The Morgan fingerprint density at radius 1 is 1.56 bits per heavy atom. The van der Waals surface area contributed by atoms with Crippen LogP contribution in [0, 0.1) is 5.92 Å². The van der Waals surface area contributed by atoms with Crippen LogP contribution in [0.1, 0.15) is 13.8 Å². The van der Waals surface area contributed by atoms with Crippen molar-refractivity contribution in [3.63, 3.8) is 0 Å². The van der Waals surface area contributed by atoms with Crippen LogP contribution in [0.3, 0.4) is 0 Å². The smallest absolute Gasteiger partial charge is 0.327 e. The van der Waals surface area contributed by atoms with Crippen LogP contribution in [0.5, 0.6) is 0 Å². The maximum absolute atomic E-state index is 10.4. The Morgan fingerprint density at radius 3 is 2.11 bits per heavy atom. The van der Waals surface area contributed by atoms with Crippen molar-refractivity contribution in [3.8, 4) is 0 Å². The van der Waals surface area contributed by atoms with Crippen molar-refractivity contribution in [2.75, 3.05) is 0 Å². The molecule has 0 saturated carbocycles. The van der Waals surface area contributed by atoms with Crippen LogP contribution in [0.4, 0.5) is 0 Å². The van der Waals surface area contributed by atoms with Gasteiger partial charge in [-0.2, -0.15) is 0 Å². The van der Waals surface area contributed by atoms with E-state index in [1.54, 1.807) is 0 Å². The molecular weight excluding hydrogens is 140 g/mol. The average Bonchev–Trinajstić information content (AvgIpc) is 1.84. The summed E-state index contributed by atoms with van der Waals surface area (Å²) in [6, 6.07) is 0. The largest absolute Gasteiger partial charge is 0.394 e. The van der Waals surface area contributed by atoms with Gasteiger partial charge in [0.2, 0.25) is 0 Å². The van der Waals surface area contributed by atoms with E-state index in [1.807, 2.05) is 0 Å². The monoisotopic (exact) mass is 148 g/mol. The van der Waals surface area contributed by atoms with Crippen molar-refractivity contribution in [3.05, 3.63) is 0 Å². The summed E-state index contributed by atoms with van der Waals surface area (Å²) < 4.78 is 4.01. The molecule has 0 aliphatic rings. The molecule has 0 N–H and O–H groups in total. The van der Waals surface area contributed by atoms with Gasteiger partial charge in [-0.1, -0.05) is 0 Å². The molecule has 9 heavy (non-hydrogen) atoms. The van der Waals surface area contributed by atoms with Gasteiger partial charge in [-0.15, -0.1) is 0 Å². The first-order chi connectivity index (χ1) is 4.09. The minimum Gasteiger partial charge on any atom is -0.394 e. The number of hydrogen-bond donors (Lipinski definition) is 1. The number of ketones is 1. The van der Waals surface area contributed by atoms with E-state index in [-0.39, 0.29) is 5.78 Å². The van der Waals surface area contributed by atoms with E-state index >= 15 is 0 Å². The Hall–Kier alpha value is -0.510. The summed E-state index contributed by atoms with van der Waals surface area (Å²) >= 11 is 3.25. The Morgan fingerprint density at radius 2 is 2.00 bits per heavy atom. The predicted octanol–water partition coefficient (Wildman–Crippen LogP) is 0.599. The molecule has 0 bridgehead atoms. The number of hydrogen-bond acceptors (Lipinski definition) is 4. The molecule has 0 amide bonds. The number of carbonyl (C=O) groups is 2. The van der Waals surface area contributed by atoms with Crippen LogP contribution in [0.25, 0.3) is 0 Å². The van der Waals surface area contributed by atoms with E-state index in [9.17, 15) is 9.59 Å². The molecule has 0 rings (SSSR count). The fourth-order valence-corrected chi connectivity index (χ4v) is 0.403. The zero-order chi connectivity index (χ0) is 7.44. The normalized spacial score (nSPS) is 12.3. The van der Waals surface area contributed by atoms with Gasteiger partial charge in [0.05, 0.1) is 0 Å². The number of rotatable bonds is 2. The maximum Gasteiger partial charge on any atom is 0.327 e. The number of carbonyl (C=O) groups excluding carboxylic acids is 2. The summed E-state index contributed by atoms with van der Waals surface area (Å²) in [6.45, 7) is 2.80. The third kappa shape index (κ3) is 2.51. The van der Waals surface area contributed by atoms with Crippen molar-refractivity contribution in [1.29, 1.82) is 0 Å². The van der Waals surface area contributed by atoms with E-state index in [2.05, 4.69) is 17.1 Å². The highest BCUT2D eigenvalue weighted by Crippen LogP contribution is 2.00. The second-order valence-corrected chi connectivity index (χ2v) is 1.93. The highest BCUT2D eigenvalue weighted by molar-refractivity contribution is 7.75. The Kier molecular flexibility index (Phi) is 3.30. The van der Waals surface area contributed by atoms with Gasteiger partial charge < -0.3 is 4.18 Å². The molecule has 0 aromatic heterocycles. The van der Waals surface area contributed by atoms with Crippen molar-refractivity contribution in [2.24, 2.45) is 5.92 Å². The number of Topliss-reactive ketones (excluding diaryl/α,β-unsaturated/α-hetero) is 1. The first kappa shape index (κ1) is 8.49. The second kappa shape index (κ2) is 3.50. The zero-order valence-electron chi connectivity index (χ0n) is 5.25. The molecule has 0 spiro atoms. The lowest BCUT2D eigenvalue weighted by atomic mass is 10.1. The van der Waals surface area contributed by atoms with Crippen LogP contribution in [-0.4, -0.2) is 11.8 Å². The van der Waals surface area contributed by atoms with Gasteiger partial charge in [-0.05, 0) is 13.8 Å². The fourth-order valence-electron chi connectivity index (χ4n) is 0.245. The van der Waals surface area contributed by atoms with E-state index in [4.69, 9.17) is 0 Å². The number of thiol groups is 1. The molecule has 0 aromatic rings. The molecule has 4 heteroatoms. The van der Waals surface area contributed by atoms with Gasteiger partial charge in [-0.25, -0.2) is 0 Å². The SMILES string of the molecule is CC(=O)C(C)C(=O)OS. The molecular formula is C5H8O3S. The molecule has 1 unspecified atom stereocenters. The zero-order valence-corrected chi connectivity index (χ0v) is 6.14. The molecule has 52 valence electrons. The fraction of sp³-hybridized carbons (Fsp3) is 0.600. The van der Waals surface area contributed by atoms with E-state index < -0.39 is 11.9 Å². The van der Waals surface area contributed by atoms with Crippen LogP contribution in [0.2, 0.25) is 0 Å². The van der Waals surface area contributed by atoms with Gasteiger partial charge >= 0.3 is 5.97 Å². The van der Waals surface area contributed by atoms with Crippen LogP contribution >= 0.6 is 12.9 Å². The Labute approximate surface area is 59.0 Å². The van der Waals surface area contributed by atoms with Gasteiger partial charge in [0.25, 0.3) is 0 Å². The minimum atomic E-state index is -0.692. The van der Waals surface area contributed by atoms with Crippen molar-refractivity contribution < 1.29 is 13.8 Å². The topological polar surface area (TPSA) is 43.4 Å². The third-order valence-electron chi connectivity index (χ3n) is 1.05. The molecule has 0 fully saturated rings. The molecule has 0 heterocycles. The van der Waals surface area contributed by atoms with E-state index in [0.29, 0.717) is 0 Å². The van der Waals surface area contributed by atoms with Gasteiger partial charge in [-0.3, -0.25) is 9.59 Å². The van der Waals surface area contributed by atoms with Crippen molar-refractivity contribution >= 4 is 24.7 Å². The third-order valence-corrected chi connectivity index (χ3v) is 1.23. The molecule has 0 aliphatic carbocycles. The standard InChI is InChI=1S/C5H8O3S/c1-3(4(2)6)5(7)8-9/h3,9H,1-2H3. The van der Waals surface area contributed by atoms with Gasteiger partial charge in [0.1, 0.15) is 11.7 Å². The summed E-state index contributed by atoms with van der Waals surface area (Å²) in [5.74, 6) is -1.51. The van der Waals surface area contributed by atoms with Crippen molar-refractivity contribution in [1.82, 2.24) is 0 Å². The quantitative estimate of drug-likeness (QED) is 0.354. The van der Waals surface area contributed by atoms with Crippen molar-refractivity contribution in [2.45, 2.75) is 13.8 Å². The summed E-state index contributed by atoms with van der Waals surface area (Å²) in [5.41, 5.74) is 0. The molecule has 0 aromatic carbocycles. The minimum absolute atomic E-state index is 0.214. The highest BCUT2D eigenvalue weighted by atomic mass is 32.1. The molecule has 0 aliphatic heterocycles. The van der Waals surface area contributed by atoms with Gasteiger partial charge in [0.15, 0.2) is 0 Å². The van der Waals surface area contributed by atoms with Gasteiger partial charge in [0, 0.05) is 12.9 Å². The second-order valence-electron chi connectivity index (χ2n) is 1.74. The molecule has 1 atom stereocenters. The summed E-state index contributed by atoms with van der Waals surface area (Å²) in [7, 11) is 0. The first-order valence-electron chi connectivity index (χ1n) is 2.45. The first-order valence-corrected chi connectivity index (χ1v) is 2.81. The Balaban J connectivity index is 3.88. The lowest BCUT2D eigenvalue weighted by Gasteiger charge is -2.00. The summed E-state index contributed by atoms with van der Waals surface area (Å²) in [4.78, 5) is 20.8. The summed E-state index contributed by atoms with van der Waals surface area (Å²) in [6.07, 6.45) is 0. The summed E-state index contributed by atoms with van der Waals surface area (Å²) in [5, 5.41) is 0. The van der Waals surface area contributed by atoms with Crippen LogP contribution in [0.15, 0.2) is 0 Å². The average molecular weight is 148 g/mol. The lowest BCUT2D eigenvalue weighted by molar-refractivity contribution is -0.141. The lowest BCUT2D eigenvalue weighted by Crippen LogP contribution is -2.18. The van der Waals surface area contributed by atoms with Crippen LogP contribution in [-0.2, 0) is 13.8 Å². The Bertz CT molecular complexity index is 132. The molecule has 0 saturated heterocycles. The van der Waals surface area contributed by atoms with E-state index in [1.165, 1.54) is 13.8 Å². The maximum atomic E-state index is 10.4.